The second kappa shape index (κ2) is 4.60. The van der Waals surface area contributed by atoms with Crippen LogP contribution in [0.25, 0.3) is 10.9 Å². The summed E-state index contributed by atoms with van der Waals surface area (Å²) in [6.45, 7) is 1.84. The number of ether oxygens (including phenoxy) is 2. The van der Waals surface area contributed by atoms with Gasteiger partial charge in [0.15, 0.2) is 0 Å². The molecule has 1 heterocycles. The first-order valence-electron chi connectivity index (χ1n) is 5.52. The first-order chi connectivity index (χ1) is 8.58. The van der Waals surface area contributed by atoms with Crippen molar-refractivity contribution in [1.82, 2.24) is 4.98 Å². The Kier molecular flexibility index (Phi) is 3.14. The van der Waals surface area contributed by atoms with Crippen LogP contribution in [0, 0.1) is 6.92 Å². The molecule has 0 aliphatic carbocycles. The van der Waals surface area contributed by atoms with Gasteiger partial charge in [0, 0.05) is 11.1 Å². The summed E-state index contributed by atoms with van der Waals surface area (Å²) in [5.41, 5.74) is 2.31. The second-order valence-electron chi connectivity index (χ2n) is 4.02. The molecule has 18 heavy (non-hydrogen) atoms. The smallest absolute Gasteiger partial charge is 0.307 e. The maximum Gasteiger partial charge on any atom is 0.307 e. The molecule has 0 aliphatic heterocycles. The van der Waals surface area contributed by atoms with Crippen LogP contribution in [-0.4, -0.2) is 30.3 Å². The standard InChI is InChI=1S/C13H15NO4/c1-7-8(6-11(15)16)12-9(17-2)4-5-10(18-3)13(12)14-7/h4-5,14H,6H2,1-3H3,(H,15,16). The van der Waals surface area contributed by atoms with Gasteiger partial charge in [-0.05, 0) is 24.6 Å². The molecule has 5 heteroatoms. The molecule has 2 rings (SSSR count). The predicted octanol–water partition coefficient (Wildman–Crippen LogP) is 2.12. The number of carboxylic acid groups (broad SMARTS) is 1. The summed E-state index contributed by atoms with van der Waals surface area (Å²) in [7, 11) is 3.14. The zero-order valence-corrected chi connectivity index (χ0v) is 10.5. The van der Waals surface area contributed by atoms with E-state index in [4.69, 9.17) is 14.6 Å². The number of carbonyl (C=O) groups is 1. The molecule has 1 aromatic heterocycles. The van der Waals surface area contributed by atoms with Gasteiger partial charge in [-0.15, -0.1) is 0 Å². The van der Waals surface area contributed by atoms with Crippen molar-refractivity contribution in [3.8, 4) is 11.5 Å². The van der Waals surface area contributed by atoms with Crippen molar-refractivity contribution in [2.24, 2.45) is 0 Å². The fourth-order valence-corrected chi connectivity index (χ4v) is 2.15. The number of benzene rings is 1. The maximum absolute atomic E-state index is 10.9. The first-order valence-corrected chi connectivity index (χ1v) is 5.52. The van der Waals surface area contributed by atoms with Gasteiger partial charge in [-0.25, -0.2) is 0 Å². The van der Waals surface area contributed by atoms with E-state index in [1.54, 1.807) is 26.4 Å². The second-order valence-corrected chi connectivity index (χ2v) is 4.02. The largest absolute Gasteiger partial charge is 0.496 e. The fraction of sp³-hybridized carbons (Fsp3) is 0.308. The molecular formula is C13H15NO4. The lowest BCUT2D eigenvalue weighted by Gasteiger charge is -2.07. The van der Waals surface area contributed by atoms with Crippen molar-refractivity contribution < 1.29 is 19.4 Å². The summed E-state index contributed by atoms with van der Waals surface area (Å²) in [6, 6.07) is 3.57. The van der Waals surface area contributed by atoms with Gasteiger partial charge in [-0.1, -0.05) is 0 Å². The molecule has 0 saturated carbocycles. The van der Waals surface area contributed by atoms with Crippen LogP contribution < -0.4 is 9.47 Å². The Hall–Kier alpha value is -2.17. The molecule has 5 nitrogen and oxygen atoms in total. The van der Waals surface area contributed by atoms with Crippen molar-refractivity contribution >= 4 is 16.9 Å². The quantitative estimate of drug-likeness (QED) is 0.870. The zero-order chi connectivity index (χ0) is 13.3. The van der Waals surface area contributed by atoms with Crippen LogP contribution in [0.15, 0.2) is 12.1 Å². The number of aromatic nitrogens is 1. The Labute approximate surface area is 104 Å². The third-order valence-corrected chi connectivity index (χ3v) is 2.96. The molecule has 0 fully saturated rings. The third-order valence-electron chi connectivity index (χ3n) is 2.96. The van der Waals surface area contributed by atoms with Gasteiger partial charge in [0.25, 0.3) is 0 Å². The number of nitrogens with one attached hydrogen (secondary N) is 1. The summed E-state index contributed by atoms with van der Waals surface area (Å²) in [4.78, 5) is 14.1. The normalized spacial score (nSPS) is 10.6. The topological polar surface area (TPSA) is 71.6 Å². The van der Waals surface area contributed by atoms with E-state index < -0.39 is 5.97 Å². The minimum absolute atomic E-state index is 0.0463. The highest BCUT2D eigenvalue weighted by Gasteiger charge is 2.18. The molecule has 0 radical (unpaired) electrons. The number of rotatable bonds is 4. The molecule has 2 aromatic rings. The minimum atomic E-state index is -0.871. The Morgan fingerprint density at radius 1 is 1.28 bits per heavy atom. The highest BCUT2D eigenvalue weighted by atomic mass is 16.5. The third kappa shape index (κ3) is 1.88. The highest BCUT2D eigenvalue weighted by molar-refractivity contribution is 5.96. The summed E-state index contributed by atoms with van der Waals surface area (Å²) < 4.78 is 10.6. The van der Waals surface area contributed by atoms with Gasteiger partial charge in [0.2, 0.25) is 0 Å². The number of H-pyrrole nitrogens is 1. The molecule has 0 amide bonds. The van der Waals surface area contributed by atoms with E-state index in [2.05, 4.69) is 4.98 Å². The molecule has 0 bridgehead atoms. The van der Waals surface area contributed by atoms with Gasteiger partial charge in [0.1, 0.15) is 11.5 Å². The number of hydrogen-bond donors (Lipinski definition) is 2. The van der Waals surface area contributed by atoms with Crippen LogP contribution in [0.2, 0.25) is 0 Å². The van der Waals surface area contributed by atoms with E-state index >= 15 is 0 Å². The van der Waals surface area contributed by atoms with Crippen molar-refractivity contribution in [1.29, 1.82) is 0 Å². The van der Waals surface area contributed by atoms with Crippen LogP contribution in [0.4, 0.5) is 0 Å². The molecule has 96 valence electrons. The lowest BCUT2D eigenvalue weighted by molar-refractivity contribution is -0.136. The SMILES string of the molecule is COc1ccc(OC)c2c(CC(=O)O)c(C)[nH]c12. The van der Waals surface area contributed by atoms with Crippen LogP contribution in [0.1, 0.15) is 11.3 Å². The van der Waals surface area contributed by atoms with Crippen LogP contribution in [0.5, 0.6) is 11.5 Å². The summed E-state index contributed by atoms with van der Waals surface area (Å²) >= 11 is 0. The number of aliphatic carboxylic acids is 1. The lowest BCUT2D eigenvalue weighted by Crippen LogP contribution is -2.01. The van der Waals surface area contributed by atoms with Crippen LogP contribution in [0.3, 0.4) is 0 Å². The Balaban J connectivity index is 2.77. The molecule has 0 spiro atoms. The number of aromatic amines is 1. The van der Waals surface area contributed by atoms with E-state index in [9.17, 15) is 4.79 Å². The van der Waals surface area contributed by atoms with E-state index in [0.717, 1.165) is 22.2 Å². The summed E-state index contributed by atoms with van der Waals surface area (Å²) in [5.74, 6) is 0.445. The van der Waals surface area contributed by atoms with Crippen molar-refractivity contribution in [2.45, 2.75) is 13.3 Å². The molecule has 0 saturated heterocycles. The number of aryl methyl sites for hydroxylation is 1. The molecular weight excluding hydrogens is 234 g/mol. The Morgan fingerprint density at radius 2 is 1.89 bits per heavy atom. The highest BCUT2D eigenvalue weighted by Crippen LogP contribution is 2.36. The van der Waals surface area contributed by atoms with E-state index in [0.29, 0.717) is 11.5 Å². The van der Waals surface area contributed by atoms with Crippen LogP contribution in [-0.2, 0) is 11.2 Å². The number of fused-ring (bicyclic) bond motifs is 1. The fourth-order valence-electron chi connectivity index (χ4n) is 2.15. The first kappa shape index (κ1) is 12.3. The summed E-state index contributed by atoms with van der Waals surface area (Å²) in [5, 5.41) is 9.75. The zero-order valence-electron chi connectivity index (χ0n) is 10.5. The van der Waals surface area contributed by atoms with Crippen molar-refractivity contribution in [2.75, 3.05) is 14.2 Å². The summed E-state index contributed by atoms with van der Waals surface area (Å²) in [6.07, 6.45) is -0.0463. The van der Waals surface area contributed by atoms with Gasteiger partial charge >= 0.3 is 5.97 Å². The number of methoxy groups -OCH3 is 2. The maximum atomic E-state index is 10.9. The molecule has 0 aliphatic rings. The average molecular weight is 249 g/mol. The molecule has 0 atom stereocenters. The van der Waals surface area contributed by atoms with Crippen molar-refractivity contribution in [3.05, 3.63) is 23.4 Å². The Morgan fingerprint density at radius 3 is 2.44 bits per heavy atom. The van der Waals surface area contributed by atoms with E-state index in [1.165, 1.54) is 0 Å². The van der Waals surface area contributed by atoms with Gasteiger partial charge < -0.3 is 19.6 Å². The monoisotopic (exact) mass is 249 g/mol. The molecule has 1 aromatic carbocycles. The van der Waals surface area contributed by atoms with Gasteiger partial charge in [0.05, 0.1) is 26.2 Å². The van der Waals surface area contributed by atoms with Gasteiger partial charge in [-0.2, -0.15) is 0 Å². The number of hydrogen-bond acceptors (Lipinski definition) is 3. The van der Waals surface area contributed by atoms with E-state index in [-0.39, 0.29) is 6.42 Å². The molecule has 2 N–H and O–H groups in total. The van der Waals surface area contributed by atoms with Crippen LogP contribution >= 0.6 is 0 Å². The number of carboxylic acids is 1. The lowest BCUT2D eigenvalue weighted by atomic mass is 10.1. The van der Waals surface area contributed by atoms with Crippen molar-refractivity contribution in [3.63, 3.8) is 0 Å². The minimum Gasteiger partial charge on any atom is -0.496 e. The average Bonchev–Trinajstić information content (AvgIpc) is 2.65. The van der Waals surface area contributed by atoms with E-state index in [1.807, 2.05) is 6.92 Å². The Bertz CT molecular complexity index is 601. The predicted molar refractivity (Wildman–Crippen MR) is 67.5 cm³/mol. The van der Waals surface area contributed by atoms with Gasteiger partial charge in [-0.3, -0.25) is 4.79 Å². The molecule has 0 unspecified atom stereocenters.